The summed E-state index contributed by atoms with van der Waals surface area (Å²) in [6, 6.07) is 9.42. The zero-order chi connectivity index (χ0) is 13.8. The van der Waals surface area contributed by atoms with Crippen molar-refractivity contribution in [2.24, 2.45) is 0 Å². The Labute approximate surface area is 117 Å². The minimum atomic E-state index is -0.121. The molecule has 0 aliphatic carbocycles. The van der Waals surface area contributed by atoms with Crippen LogP contribution in [-0.2, 0) is 11.2 Å². The predicted molar refractivity (Wildman–Crippen MR) is 77.5 cm³/mol. The zero-order valence-corrected chi connectivity index (χ0v) is 11.7. The average Bonchev–Trinajstić information content (AvgIpc) is 2.37. The molecule has 0 spiro atoms. The van der Waals surface area contributed by atoms with Crippen LogP contribution in [0.15, 0.2) is 36.5 Å². The summed E-state index contributed by atoms with van der Waals surface area (Å²) in [5.74, 6) is 0.279. The Balaban J connectivity index is 2.05. The van der Waals surface area contributed by atoms with E-state index in [4.69, 9.17) is 11.6 Å². The summed E-state index contributed by atoms with van der Waals surface area (Å²) >= 11 is 5.94. The molecule has 0 radical (unpaired) electrons. The Bertz CT molecular complexity index is 611. The molecule has 98 valence electrons. The number of carbonyl (C=O) groups excluding carboxylic acids is 1. The Kier molecular flexibility index (Phi) is 4.17. The third-order valence-electron chi connectivity index (χ3n) is 2.95. The van der Waals surface area contributed by atoms with Crippen molar-refractivity contribution in [2.45, 2.75) is 20.3 Å². The van der Waals surface area contributed by atoms with Crippen molar-refractivity contribution in [2.75, 3.05) is 5.32 Å². The minimum Gasteiger partial charge on any atom is -0.309 e. The Morgan fingerprint density at radius 3 is 2.74 bits per heavy atom. The average molecular weight is 275 g/mol. The second kappa shape index (κ2) is 5.85. The van der Waals surface area contributed by atoms with Gasteiger partial charge in [-0.3, -0.25) is 4.79 Å². The minimum absolute atomic E-state index is 0.121. The molecule has 2 rings (SSSR count). The molecule has 1 aromatic heterocycles. The number of rotatable bonds is 3. The summed E-state index contributed by atoms with van der Waals surface area (Å²) in [4.78, 5) is 15.9. The smallest absolute Gasteiger partial charge is 0.229 e. The molecule has 0 saturated carbocycles. The number of benzene rings is 1. The standard InChI is InChI=1S/C15H15ClN2O/c1-10-5-6-12(8-11(10)2)9-14(19)18-15-13(16)4-3-7-17-15/h3-8H,9H2,1-2H3,(H,17,18,19). The van der Waals surface area contributed by atoms with Gasteiger partial charge in [-0.05, 0) is 42.7 Å². The van der Waals surface area contributed by atoms with Crippen molar-refractivity contribution in [1.29, 1.82) is 0 Å². The van der Waals surface area contributed by atoms with E-state index >= 15 is 0 Å². The van der Waals surface area contributed by atoms with Gasteiger partial charge in [0.05, 0.1) is 11.4 Å². The number of hydrogen-bond donors (Lipinski definition) is 1. The maximum Gasteiger partial charge on any atom is 0.229 e. The molecule has 0 saturated heterocycles. The number of amides is 1. The molecule has 0 unspecified atom stereocenters. The highest BCUT2D eigenvalue weighted by molar-refractivity contribution is 6.33. The molecule has 0 fully saturated rings. The van der Waals surface area contributed by atoms with E-state index in [-0.39, 0.29) is 5.91 Å². The van der Waals surface area contributed by atoms with E-state index in [1.165, 1.54) is 11.1 Å². The first-order valence-electron chi connectivity index (χ1n) is 6.03. The van der Waals surface area contributed by atoms with Crippen molar-refractivity contribution in [3.63, 3.8) is 0 Å². The van der Waals surface area contributed by atoms with E-state index in [0.29, 0.717) is 17.3 Å². The lowest BCUT2D eigenvalue weighted by Crippen LogP contribution is -2.15. The van der Waals surface area contributed by atoms with E-state index in [1.54, 1.807) is 18.3 Å². The number of halogens is 1. The summed E-state index contributed by atoms with van der Waals surface area (Å²) < 4.78 is 0. The first-order valence-corrected chi connectivity index (χ1v) is 6.40. The fourth-order valence-electron chi connectivity index (χ4n) is 1.75. The van der Waals surface area contributed by atoms with Gasteiger partial charge >= 0.3 is 0 Å². The van der Waals surface area contributed by atoms with Crippen LogP contribution in [0.5, 0.6) is 0 Å². The number of carbonyl (C=O) groups is 1. The topological polar surface area (TPSA) is 42.0 Å². The molecule has 3 nitrogen and oxygen atoms in total. The van der Waals surface area contributed by atoms with E-state index in [2.05, 4.69) is 10.3 Å². The highest BCUT2D eigenvalue weighted by atomic mass is 35.5. The molecule has 0 aliphatic rings. The zero-order valence-electron chi connectivity index (χ0n) is 10.9. The number of anilines is 1. The first-order chi connectivity index (χ1) is 9.06. The summed E-state index contributed by atoms with van der Waals surface area (Å²) in [6.07, 6.45) is 1.91. The van der Waals surface area contributed by atoms with Crippen LogP contribution in [0, 0.1) is 13.8 Å². The van der Waals surface area contributed by atoms with Crippen LogP contribution in [0.3, 0.4) is 0 Å². The second-order valence-corrected chi connectivity index (χ2v) is 4.88. The molecule has 19 heavy (non-hydrogen) atoms. The van der Waals surface area contributed by atoms with Crippen LogP contribution in [-0.4, -0.2) is 10.9 Å². The molecule has 1 heterocycles. The van der Waals surface area contributed by atoms with Crippen LogP contribution < -0.4 is 5.32 Å². The molecule has 2 aromatic rings. The number of nitrogens with one attached hydrogen (secondary N) is 1. The van der Waals surface area contributed by atoms with Gasteiger partial charge in [0.15, 0.2) is 5.82 Å². The summed E-state index contributed by atoms with van der Waals surface area (Å²) in [7, 11) is 0. The fraction of sp³-hybridized carbons (Fsp3) is 0.200. The van der Waals surface area contributed by atoms with Gasteiger partial charge in [0.1, 0.15) is 0 Å². The van der Waals surface area contributed by atoms with Gasteiger partial charge in [0, 0.05) is 6.20 Å². The van der Waals surface area contributed by atoms with Gasteiger partial charge < -0.3 is 5.32 Å². The quantitative estimate of drug-likeness (QED) is 0.930. The molecule has 1 amide bonds. The number of aryl methyl sites for hydroxylation is 2. The fourth-order valence-corrected chi connectivity index (χ4v) is 1.92. The molecule has 0 atom stereocenters. The van der Waals surface area contributed by atoms with Crippen molar-refractivity contribution in [1.82, 2.24) is 4.98 Å². The van der Waals surface area contributed by atoms with Gasteiger partial charge in [-0.1, -0.05) is 29.8 Å². The molecular weight excluding hydrogens is 260 g/mol. The number of aromatic nitrogens is 1. The first kappa shape index (κ1) is 13.6. The lowest BCUT2D eigenvalue weighted by molar-refractivity contribution is -0.115. The summed E-state index contributed by atoms with van der Waals surface area (Å²) in [5, 5.41) is 3.15. The molecule has 4 heteroatoms. The van der Waals surface area contributed by atoms with Crippen molar-refractivity contribution < 1.29 is 4.79 Å². The van der Waals surface area contributed by atoms with Crippen molar-refractivity contribution in [3.8, 4) is 0 Å². The largest absolute Gasteiger partial charge is 0.309 e. The van der Waals surface area contributed by atoms with Crippen LogP contribution in [0.1, 0.15) is 16.7 Å². The molecule has 1 aromatic carbocycles. The van der Waals surface area contributed by atoms with Crippen molar-refractivity contribution >= 4 is 23.3 Å². The Morgan fingerprint density at radius 1 is 1.26 bits per heavy atom. The van der Waals surface area contributed by atoms with E-state index < -0.39 is 0 Å². The SMILES string of the molecule is Cc1ccc(CC(=O)Nc2ncccc2Cl)cc1C. The third kappa shape index (κ3) is 3.55. The van der Waals surface area contributed by atoms with Crippen LogP contribution in [0.25, 0.3) is 0 Å². The van der Waals surface area contributed by atoms with Gasteiger partial charge in [0.2, 0.25) is 5.91 Å². The van der Waals surface area contributed by atoms with E-state index in [1.807, 2.05) is 32.0 Å². The lowest BCUT2D eigenvalue weighted by atomic mass is 10.0. The van der Waals surface area contributed by atoms with E-state index in [0.717, 1.165) is 5.56 Å². The van der Waals surface area contributed by atoms with Crippen LogP contribution in [0.4, 0.5) is 5.82 Å². The highest BCUT2D eigenvalue weighted by Gasteiger charge is 2.08. The summed E-state index contributed by atoms with van der Waals surface area (Å²) in [6.45, 7) is 4.08. The van der Waals surface area contributed by atoms with Crippen LogP contribution >= 0.6 is 11.6 Å². The normalized spacial score (nSPS) is 10.3. The van der Waals surface area contributed by atoms with Crippen molar-refractivity contribution in [3.05, 3.63) is 58.2 Å². The van der Waals surface area contributed by atoms with Gasteiger partial charge in [-0.15, -0.1) is 0 Å². The lowest BCUT2D eigenvalue weighted by Gasteiger charge is -2.07. The van der Waals surface area contributed by atoms with E-state index in [9.17, 15) is 4.79 Å². The molecule has 1 N–H and O–H groups in total. The Morgan fingerprint density at radius 2 is 2.05 bits per heavy atom. The number of pyridine rings is 1. The van der Waals surface area contributed by atoms with Gasteiger partial charge in [-0.2, -0.15) is 0 Å². The monoisotopic (exact) mass is 274 g/mol. The molecular formula is C15H15ClN2O. The predicted octanol–water partition coefficient (Wildman–Crippen LogP) is 3.53. The maximum atomic E-state index is 11.9. The van der Waals surface area contributed by atoms with Gasteiger partial charge in [0.25, 0.3) is 0 Å². The highest BCUT2D eigenvalue weighted by Crippen LogP contribution is 2.18. The second-order valence-electron chi connectivity index (χ2n) is 4.48. The molecule has 0 aliphatic heterocycles. The number of nitrogens with zero attached hydrogens (tertiary/aromatic N) is 1. The Hall–Kier alpha value is -1.87. The maximum absolute atomic E-state index is 11.9. The number of hydrogen-bond acceptors (Lipinski definition) is 2. The molecule has 0 bridgehead atoms. The third-order valence-corrected chi connectivity index (χ3v) is 3.26. The van der Waals surface area contributed by atoms with Gasteiger partial charge in [-0.25, -0.2) is 4.98 Å². The van der Waals surface area contributed by atoms with Crippen LogP contribution in [0.2, 0.25) is 5.02 Å². The summed E-state index contributed by atoms with van der Waals surface area (Å²) in [5.41, 5.74) is 3.38.